The molecule has 0 bridgehead atoms. The Bertz CT molecular complexity index is 3940. The van der Waals surface area contributed by atoms with E-state index < -0.39 is 0 Å². The number of fused-ring (bicyclic) bond motifs is 8. The number of nitrogens with zero attached hydrogens (tertiary/aromatic N) is 3. The monoisotopic (exact) mass is 889 g/mol. The molecule has 70 heavy (non-hydrogen) atoms. The minimum absolute atomic E-state index is 0.0534. The van der Waals surface area contributed by atoms with Gasteiger partial charge in [-0.15, -0.1) is 0 Å². The maximum absolute atomic E-state index is 2.57. The fraction of sp³-hybridized carbons (Fsp3) is 0. The highest BCUT2D eigenvalue weighted by molar-refractivity contribution is 7.00. The molecule has 4 heteroatoms. The Morgan fingerprint density at radius 2 is 0.743 bits per heavy atom. The first-order chi connectivity index (χ1) is 34.7. The second-order valence-corrected chi connectivity index (χ2v) is 18.4. The van der Waals surface area contributed by atoms with Crippen LogP contribution in [0.1, 0.15) is 0 Å². The molecule has 14 rings (SSSR count). The van der Waals surface area contributed by atoms with Gasteiger partial charge in [-0.3, -0.25) is 0 Å². The van der Waals surface area contributed by atoms with Gasteiger partial charge in [0.05, 0.1) is 16.7 Å². The van der Waals surface area contributed by atoms with Gasteiger partial charge in [-0.05, 0) is 128 Å². The van der Waals surface area contributed by atoms with Crippen molar-refractivity contribution in [1.29, 1.82) is 0 Å². The van der Waals surface area contributed by atoms with Crippen LogP contribution in [0, 0.1) is 0 Å². The van der Waals surface area contributed by atoms with Crippen molar-refractivity contribution in [3.8, 4) is 50.2 Å². The Kier molecular flexibility index (Phi) is 9.31. The number of anilines is 6. The third kappa shape index (κ3) is 6.38. The summed E-state index contributed by atoms with van der Waals surface area (Å²) in [4.78, 5) is 5.09. The van der Waals surface area contributed by atoms with Gasteiger partial charge in [-0.2, -0.15) is 0 Å². The van der Waals surface area contributed by atoms with E-state index in [4.69, 9.17) is 0 Å². The molecule has 0 aliphatic carbocycles. The number of rotatable bonds is 7. The summed E-state index contributed by atoms with van der Waals surface area (Å²) in [6, 6.07) is 98.1. The summed E-state index contributed by atoms with van der Waals surface area (Å²) in [6.07, 6.45) is 0. The molecule has 0 atom stereocenters. The highest BCUT2D eigenvalue weighted by Gasteiger charge is 2.44. The standard InChI is InChI=1S/C66H44BN3/c1-5-18-45(19-6-1)49-34-37-53(38-35-49)70-62-33-17-32-61-65(62)67(57-39-36-52(48-24-11-4-12-25-48)44-63(57)69(61)55-29-16-27-51(43-55)47-22-9-3-10-23-47)58-40-41-60-64(66(58)70)56-30-13-14-31-59(56)68(60)54-28-15-26-50(42-54)46-20-7-2-8-21-46/h1-44H. The summed E-state index contributed by atoms with van der Waals surface area (Å²) in [5.74, 6) is 0. The van der Waals surface area contributed by atoms with E-state index in [0.717, 1.165) is 17.1 Å². The van der Waals surface area contributed by atoms with E-state index in [2.05, 4.69) is 281 Å². The van der Waals surface area contributed by atoms with Crippen LogP contribution in [0.15, 0.2) is 267 Å². The second-order valence-electron chi connectivity index (χ2n) is 18.4. The van der Waals surface area contributed by atoms with Crippen LogP contribution in [0.25, 0.3) is 72.0 Å². The number of hydrogen-bond donors (Lipinski definition) is 0. The quantitative estimate of drug-likeness (QED) is 0.148. The molecular weight excluding hydrogens is 846 g/mol. The summed E-state index contributed by atoms with van der Waals surface area (Å²) < 4.78 is 2.47. The lowest BCUT2D eigenvalue weighted by Crippen LogP contribution is -2.61. The van der Waals surface area contributed by atoms with Crippen molar-refractivity contribution in [3.05, 3.63) is 267 Å². The van der Waals surface area contributed by atoms with Gasteiger partial charge in [0.15, 0.2) is 0 Å². The molecule has 0 N–H and O–H groups in total. The average Bonchev–Trinajstić information content (AvgIpc) is 3.78. The molecule has 3 nitrogen and oxygen atoms in total. The predicted molar refractivity (Wildman–Crippen MR) is 297 cm³/mol. The molecule has 0 saturated heterocycles. The lowest BCUT2D eigenvalue weighted by Gasteiger charge is -2.44. The third-order valence-electron chi connectivity index (χ3n) is 14.6. The lowest BCUT2D eigenvalue weighted by molar-refractivity contribution is 1.18. The minimum Gasteiger partial charge on any atom is -0.311 e. The van der Waals surface area contributed by atoms with Crippen LogP contribution in [-0.2, 0) is 0 Å². The van der Waals surface area contributed by atoms with Gasteiger partial charge in [0, 0.05) is 44.9 Å². The third-order valence-corrected chi connectivity index (χ3v) is 14.6. The zero-order valence-electron chi connectivity index (χ0n) is 38.3. The molecule has 0 radical (unpaired) electrons. The summed E-state index contributed by atoms with van der Waals surface area (Å²) in [6.45, 7) is -0.0534. The Balaban J connectivity index is 1.06. The molecule has 3 heterocycles. The first-order valence-electron chi connectivity index (χ1n) is 24.2. The average molecular weight is 890 g/mol. The number of hydrogen-bond acceptors (Lipinski definition) is 2. The van der Waals surface area contributed by atoms with E-state index in [0.29, 0.717) is 0 Å². The molecule has 0 spiro atoms. The Labute approximate surface area is 408 Å². The van der Waals surface area contributed by atoms with Gasteiger partial charge >= 0.3 is 0 Å². The fourth-order valence-corrected chi connectivity index (χ4v) is 11.4. The number of benzene rings is 11. The molecule has 11 aromatic carbocycles. The smallest absolute Gasteiger partial charge is 0.252 e. The maximum Gasteiger partial charge on any atom is 0.252 e. The molecule has 1 aromatic heterocycles. The summed E-state index contributed by atoms with van der Waals surface area (Å²) in [5.41, 5.74) is 23.9. The molecule has 0 fully saturated rings. The van der Waals surface area contributed by atoms with Crippen LogP contribution >= 0.6 is 0 Å². The van der Waals surface area contributed by atoms with E-state index in [9.17, 15) is 0 Å². The highest BCUT2D eigenvalue weighted by atomic mass is 15.2. The molecule has 0 amide bonds. The normalized spacial score (nSPS) is 12.5. The first-order valence-corrected chi connectivity index (χ1v) is 24.2. The van der Waals surface area contributed by atoms with E-state index in [1.165, 1.54) is 105 Å². The van der Waals surface area contributed by atoms with Gasteiger partial charge in [0.2, 0.25) is 0 Å². The van der Waals surface area contributed by atoms with Gasteiger partial charge in [0.25, 0.3) is 6.71 Å². The van der Waals surface area contributed by atoms with Gasteiger partial charge < -0.3 is 14.4 Å². The van der Waals surface area contributed by atoms with E-state index in [1.807, 2.05) is 0 Å². The van der Waals surface area contributed by atoms with Crippen LogP contribution < -0.4 is 26.2 Å². The first kappa shape index (κ1) is 40.0. The van der Waals surface area contributed by atoms with Crippen molar-refractivity contribution < 1.29 is 0 Å². The molecular formula is C66H44BN3. The fourth-order valence-electron chi connectivity index (χ4n) is 11.4. The van der Waals surface area contributed by atoms with Crippen LogP contribution in [0.3, 0.4) is 0 Å². The molecule has 326 valence electrons. The molecule has 0 unspecified atom stereocenters. The zero-order chi connectivity index (χ0) is 46.1. The summed E-state index contributed by atoms with van der Waals surface area (Å²) in [7, 11) is 0. The number of para-hydroxylation sites is 1. The lowest BCUT2D eigenvalue weighted by atomic mass is 9.33. The van der Waals surface area contributed by atoms with Crippen molar-refractivity contribution in [2.24, 2.45) is 0 Å². The topological polar surface area (TPSA) is 11.4 Å². The number of aromatic nitrogens is 1. The van der Waals surface area contributed by atoms with Crippen molar-refractivity contribution in [1.82, 2.24) is 4.57 Å². The van der Waals surface area contributed by atoms with E-state index >= 15 is 0 Å². The Morgan fingerprint density at radius 1 is 0.271 bits per heavy atom. The molecule has 12 aromatic rings. The minimum atomic E-state index is -0.0534. The van der Waals surface area contributed by atoms with Crippen molar-refractivity contribution >= 4 is 79.0 Å². The molecule has 2 aliphatic heterocycles. The van der Waals surface area contributed by atoms with Crippen LogP contribution in [0.5, 0.6) is 0 Å². The summed E-state index contributed by atoms with van der Waals surface area (Å²) in [5, 5.41) is 2.46. The summed E-state index contributed by atoms with van der Waals surface area (Å²) >= 11 is 0. The van der Waals surface area contributed by atoms with Gasteiger partial charge in [-0.1, -0.05) is 200 Å². The van der Waals surface area contributed by atoms with E-state index in [-0.39, 0.29) is 6.71 Å². The maximum atomic E-state index is 2.57. The van der Waals surface area contributed by atoms with E-state index in [1.54, 1.807) is 0 Å². The van der Waals surface area contributed by atoms with Gasteiger partial charge in [0.1, 0.15) is 0 Å². The van der Waals surface area contributed by atoms with Crippen molar-refractivity contribution in [3.63, 3.8) is 0 Å². The Morgan fingerprint density at radius 3 is 1.39 bits per heavy atom. The molecule has 0 saturated carbocycles. The zero-order valence-corrected chi connectivity index (χ0v) is 38.3. The SMILES string of the molecule is c1ccc(-c2ccc(N3c4cccc5c4B(c4ccc(-c6ccccc6)cc4N5c4cccc(-c5ccccc5)c4)c4ccc5c(c43)c3ccccc3n5-c3cccc(-c4ccccc4)c3)cc2)cc1. The van der Waals surface area contributed by atoms with Crippen LogP contribution in [-0.4, -0.2) is 11.3 Å². The second kappa shape index (κ2) is 16.3. The predicted octanol–water partition coefficient (Wildman–Crippen LogP) is 15.5. The van der Waals surface area contributed by atoms with Gasteiger partial charge in [-0.25, -0.2) is 0 Å². The van der Waals surface area contributed by atoms with Crippen LogP contribution in [0.2, 0.25) is 0 Å². The largest absolute Gasteiger partial charge is 0.311 e. The van der Waals surface area contributed by atoms with Crippen molar-refractivity contribution in [2.75, 3.05) is 9.80 Å². The van der Waals surface area contributed by atoms with Crippen molar-refractivity contribution in [2.45, 2.75) is 0 Å². The Hall–Kier alpha value is -9.12. The van der Waals surface area contributed by atoms with Crippen LogP contribution in [0.4, 0.5) is 34.1 Å². The highest BCUT2D eigenvalue weighted by Crippen LogP contribution is 2.49. The molecule has 2 aliphatic rings.